The minimum Gasteiger partial charge on any atom is -0.296 e. The van der Waals surface area contributed by atoms with E-state index in [2.05, 4.69) is 11.7 Å². The van der Waals surface area contributed by atoms with Crippen molar-refractivity contribution < 1.29 is 9.59 Å². The molecule has 0 spiro atoms. The first-order chi connectivity index (χ1) is 5.77. The number of hydrogen-bond acceptors (Lipinski definition) is 2. The van der Waals surface area contributed by atoms with Crippen LogP contribution in [0, 0.1) is 30.1 Å². The topological polar surface area (TPSA) is 46.2 Å². The Balaban J connectivity index is 2.03. The highest BCUT2D eigenvalue weighted by Crippen LogP contribution is 2.53. The molecule has 3 rings (SSSR count). The van der Waals surface area contributed by atoms with Gasteiger partial charge in [0, 0.05) is 0 Å². The summed E-state index contributed by atoms with van der Waals surface area (Å²) >= 11 is 0. The van der Waals surface area contributed by atoms with Gasteiger partial charge < -0.3 is 0 Å². The van der Waals surface area contributed by atoms with Crippen molar-refractivity contribution in [2.45, 2.75) is 12.8 Å². The second-order valence-corrected chi connectivity index (χ2v) is 4.04. The van der Waals surface area contributed by atoms with Crippen molar-refractivity contribution in [1.29, 1.82) is 0 Å². The lowest BCUT2D eigenvalue weighted by Gasteiger charge is -2.19. The lowest BCUT2D eigenvalue weighted by atomic mass is 9.81. The van der Waals surface area contributed by atoms with Gasteiger partial charge in [0.2, 0.25) is 11.8 Å². The Morgan fingerprint density at radius 1 is 1.25 bits per heavy atom. The van der Waals surface area contributed by atoms with Gasteiger partial charge in [0.25, 0.3) is 0 Å². The predicted octanol–water partition coefficient (Wildman–Crippen LogP) is 0.119. The van der Waals surface area contributed by atoms with E-state index in [1.807, 2.05) is 0 Å². The summed E-state index contributed by atoms with van der Waals surface area (Å²) in [6.07, 6.45) is 4.31. The van der Waals surface area contributed by atoms with Gasteiger partial charge in [-0.25, -0.2) is 0 Å². The van der Waals surface area contributed by atoms with Crippen molar-refractivity contribution in [2.24, 2.45) is 23.7 Å². The smallest absolute Gasteiger partial charge is 0.230 e. The number of carbonyl (C=O) groups is 2. The summed E-state index contributed by atoms with van der Waals surface area (Å²) in [5, 5.41) is 2.42. The van der Waals surface area contributed by atoms with E-state index in [0.29, 0.717) is 11.8 Å². The van der Waals surface area contributed by atoms with Gasteiger partial charge in [-0.1, -0.05) is 0 Å². The van der Waals surface area contributed by atoms with Crippen LogP contribution in [0.4, 0.5) is 0 Å². The van der Waals surface area contributed by atoms with Gasteiger partial charge in [0.15, 0.2) is 0 Å². The molecule has 12 heavy (non-hydrogen) atoms. The summed E-state index contributed by atoms with van der Waals surface area (Å²) < 4.78 is 0. The number of imide groups is 1. The maximum absolute atomic E-state index is 11.3. The van der Waals surface area contributed by atoms with E-state index < -0.39 is 0 Å². The summed E-state index contributed by atoms with van der Waals surface area (Å²) in [5.74, 6) is 0.820. The Morgan fingerprint density at radius 3 is 2.75 bits per heavy atom. The van der Waals surface area contributed by atoms with Crippen LogP contribution >= 0.6 is 0 Å². The molecule has 3 heteroatoms. The molecule has 2 bridgehead atoms. The third-order valence-electron chi connectivity index (χ3n) is 3.52. The number of amides is 2. The number of rotatable bonds is 0. The molecule has 1 radical (unpaired) electrons. The fourth-order valence-electron chi connectivity index (χ4n) is 3.06. The van der Waals surface area contributed by atoms with Gasteiger partial charge in [-0.3, -0.25) is 14.9 Å². The quantitative estimate of drug-likeness (QED) is 0.517. The molecule has 2 saturated carbocycles. The van der Waals surface area contributed by atoms with E-state index in [-0.39, 0.29) is 23.7 Å². The number of nitrogens with one attached hydrogen (secondary N) is 1. The van der Waals surface area contributed by atoms with E-state index in [4.69, 9.17) is 0 Å². The van der Waals surface area contributed by atoms with Crippen LogP contribution in [0.5, 0.6) is 0 Å². The van der Waals surface area contributed by atoms with Crippen molar-refractivity contribution in [3.8, 4) is 0 Å². The van der Waals surface area contributed by atoms with Crippen molar-refractivity contribution in [3.05, 3.63) is 6.42 Å². The predicted molar refractivity (Wildman–Crippen MR) is 40.6 cm³/mol. The van der Waals surface area contributed by atoms with E-state index in [0.717, 1.165) is 12.8 Å². The monoisotopic (exact) mass is 164 g/mol. The second-order valence-electron chi connectivity index (χ2n) is 4.04. The minimum atomic E-state index is -0.0338. The lowest BCUT2D eigenvalue weighted by Crippen LogP contribution is -2.24. The fraction of sp³-hybridized carbons (Fsp3) is 0.667. The maximum Gasteiger partial charge on any atom is 0.230 e. The first-order valence-corrected chi connectivity index (χ1v) is 4.45. The van der Waals surface area contributed by atoms with Crippen LogP contribution in [0.1, 0.15) is 12.8 Å². The van der Waals surface area contributed by atoms with Crippen LogP contribution in [0.15, 0.2) is 0 Å². The summed E-state index contributed by atoms with van der Waals surface area (Å²) in [7, 11) is 0. The number of fused-ring (bicyclic) bond motifs is 5. The molecule has 3 aliphatic rings. The van der Waals surface area contributed by atoms with Gasteiger partial charge in [0.1, 0.15) is 0 Å². The Hall–Kier alpha value is -0.860. The first-order valence-electron chi connectivity index (χ1n) is 4.45. The van der Waals surface area contributed by atoms with Crippen molar-refractivity contribution in [1.82, 2.24) is 5.32 Å². The highest BCUT2D eigenvalue weighted by Gasteiger charge is 2.57. The summed E-state index contributed by atoms with van der Waals surface area (Å²) in [6, 6.07) is 0. The van der Waals surface area contributed by atoms with Gasteiger partial charge >= 0.3 is 0 Å². The van der Waals surface area contributed by atoms with E-state index >= 15 is 0 Å². The zero-order valence-electron chi connectivity index (χ0n) is 6.62. The van der Waals surface area contributed by atoms with Gasteiger partial charge in [0.05, 0.1) is 11.8 Å². The molecule has 3 fully saturated rings. The molecule has 4 unspecified atom stereocenters. The summed E-state index contributed by atoms with van der Waals surface area (Å²) in [5.41, 5.74) is 0. The molecule has 2 aliphatic carbocycles. The third kappa shape index (κ3) is 0.586. The molecule has 1 heterocycles. The van der Waals surface area contributed by atoms with Crippen LogP contribution in [-0.4, -0.2) is 11.8 Å². The molecule has 2 amide bonds. The number of carbonyl (C=O) groups excluding carboxylic acids is 2. The third-order valence-corrected chi connectivity index (χ3v) is 3.52. The van der Waals surface area contributed by atoms with E-state index in [1.165, 1.54) is 0 Å². The van der Waals surface area contributed by atoms with E-state index in [1.54, 1.807) is 0 Å². The Morgan fingerprint density at radius 2 is 2.00 bits per heavy atom. The molecule has 4 atom stereocenters. The number of hydrogen-bond donors (Lipinski definition) is 1. The maximum atomic E-state index is 11.3. The zero-order chi connectivity index (χ0) is 8.29. The molecule has 1 saturated heterocycles. The van der Waals surface area contributed by atoms with Gasteiger partial charge in [-0.05, 0) is 31.1 Å². The summed E-state index contributed by atoms with van der Waals surface area (Å²) in [6.45, 7) is 0. The molecule has 63 valence electrons. The highest BCUT2D eigenvalue weighted by molar-refractivity contribution is 6.06. The highest BCUT2D eigenvalue weighted by atomic mass is 16.2. The fourth-order valence-corrected chi connectivity index (χ4v) is 3.06. The Bertz CT molecular complexity index is 248. The summed E-state index contributed by atoms with van der Waals surface area (Å²) in [4.78, 5) is 22.6. The second kappa shape index (κ2) is 1.90. The van der Waals surface area contributed by atoms with Gasteiger partial charge in [-0.2, -0.15) is 0 Å². The van der Waals surface area contributed by atoms with Crippen LogP contribution < -0.4 is 5.32 Å². The molecule has 0 aromatic rings. The molecule has 1 N–H and O–H groups in total. The van der Waals surface area contributed by atoms with Crippen LogP contribution in [0.3, 0.4) is 0 Å². The largest absolute Gasteiger partial charge is 0.296 e. The van der Waals surface area contributed by atoms with E-state index in [9.17, 15) is 9.59 Å². The Labute approximate surface area is 70.5 Å². The standard InChI is InChI=1S/C9H10NO2/c11-8-6-4-1-2-5(3-4)7(6)9(12)10-8/h1,4-7H,2-3H2,(H,10,11,12). The van der Waals surface area contributed by atoms with Gasteiger partial charge in [-0.15, -0.1) is 0 Å². The van der Waals surface area contributed by atoms with Crippen LogP contribution in [0.2, 0.25) is 0 Å². The lowest BCUT2D eigenvalue weighted by molar-refractivity contribution is -0.126. The van der Waals surface area contributed by atoms with Crippen molar-refractivity contribution >= 4 is 11.8 Å². The van der Waals surface area contributed by atoms with Crippen LogP contribution in [0.25, 0.3) is 0 Å². The average molecular weight is 164 g/mol. The SMILES string of the molecule is O=C1NC(=O)C2C3C[CH]C(C3)C12. The first kappa shape index (κ1) is 6.63. The molecular weight excluding hydrogens is 154 g/mol. The molecular formula is C9H10NO2. The molecule has 0 aromatic carbocycles. The normalized spacial score (nSPS) is 49.7. The van der Waals surface area contributed by atoms with Crippen molar-refractivity contribution in [2.75, 3.05) is 0 Å². The average Bonchev–Trinajstić information content (AvgIpc) is 2.64. The van der Waals surface area contributed by atoms with Crippen molar-refractivity contribution in [3.63, 3.8) is 0 Å². The molecule has 1 aliphatic heterocycles. The zero-order valence-corrected chi connectivity index (χ0v) is 6.62. The van der Waals surface area contributed by atoms with Crippen LogP contribution in [-0.2, 0) is 9.59 Å². The molecule has 3 nitrogen and oxygen atoms in total. The Kier molecular flexibility index (Phi) is 1.05. The minimum absolute atomic E-state index is 0.00347. The molecule has 0 aromatic heterocycles.